The summed E-state index contributed by atoms with van der Waals surface area (Å²) in [5.41, 5.74) is 2.04. The van der Waals surface area contributed by atoms with Gasteiger partial charge in [0.15, 0.2) is 0 Å². The van der Waals surface area contributed by atoms with Gasteiger partial charge in [-0.3, -0.25) is 9.48 Å². The molecule has 6 heteroatoms. The molecule has 1 saturated carbocycles. The van der Waals surface area contributed by atoms with Crippen LogP contribution >= 0.6 is 23.2 Å². The Morgan fingerprint density at radius 2 is 2.23 bits per heavy atom. The van der Waals surface area contributed by atoms with Crippen molar-refractivity contribution in [2.24, 2.45) is 13.0 Å². The van der Waals surface area contributed by atoms with E-state index in [1.54, 1.807) is 21.8 Å². The van der Waals surface area contributed by atoms with Crippen molar-refractivity contribution in [3.05, 3.63) is 51.8 Å². The molecular formula is C16H17Cl2N3O. The number of hydrogen-bond donors (Lipinski definition) is 0. The largest absolute Gasteiger partial charge is 0.341 e. The smallest absolute Gasteiger partial charge is 0.226 e. The van der Waals surface area contributed by atoms with Crippen LogP contribution in [-0.4, -0.2) is 27.6 Å². The zero-order chi connectivity index (χ0) is 15.9. The summed E-state index contributed by atoms with van der Waals surface area (Å²) >= 11 is 12.1. The molecule has 1 aromatic heterocycles. The summed E-state index contributed by atoms with van der Waals surface area (Å²) in [6.45, 7) is 0.574. The molecule has 1 aliphatic rings. The minimum absolute atomic E-state index is 0.0142. The average Bonchev–Trinajstić information content (AvgIpc) is 3.14. The first-order chi connectivity index (χ1) is 10.5. The van der Waals surface area contributed by atoms with Crippen molar-refractivity contribution in [2.75, 3.05) is 7.05 Å². The van der Waals surface area contributed by atoms with E-state index in [0.29, 0.717) is 16.6 Å². The van der Waals surface area contributed by atoms with Crippen LogP contribution in [-0.2, 0) is 18.4 Å². The highest BCUT2D eigenvalue weighted by Gasteiger charge is 2.46. The van der Waals surface area contributed by atoms with Gasteiger partial charge in [-0.25, -0.2) is 0 Å². The lowest BCUT2D eigenvalue weighted by Crippen LogP contribution is -2.27. The van der Waals surface area contributed by atoms with Gasteiger partial charge in [-0.15, -0.1) is 0 Å². The minimum Gasteiger partial charge on any atom is -0.341 e. The van der Waals surface area contributed by atoms with E-state index >= 15 is 0 Å². The van der Waals surface area contributed by atoms with E-state index in [0.717, 1.165) is 17.5 Å². The molecule has 0 unspecified atom stereocenters. The maximum absolute atomic E-state index is 12.5. The number of rotatable bonds is 4. The third kappa shape index (κ3) is 3.13. The fourth-order valence-corrected chi connectivity index (χ4v) is 3.35. The second-order valence-corrected chi connectivity index (χ2v) is 6.67. The van der Waals surface area contributed by atoms with Crippen LogP contribution in [0.5, 0.6) is 0 Å². The van der Waals surface area contributed by atoms with E-state index in [1.165, 1.54) is 0 Å². The molecule has 0 bridgehead atoms. The molecule has 2 aromatic rings. The Balaban J connectivity index is 1.64. The monoisotopic (exact) mass is 337 g/mol. The Hall–Kier alpha value is -1.52. The fraction of sp³-hybridized carbons (Fsp3) is 0.375. The Labute approximate surface area is 139 Å². The van der Waals surface area contributed by atoms with Crippen molar-refractivity contribution >= 4 is 29.1 Å². The standard InChI is InChI=1S/C16H17Cl2N3O/c1-20(8-10-7-19-21(2)9-10)16(22)14-6-13(14)12-4-3-11(17)5-15(12)18/h3-5,7,9,13-14H,6,8H2,1-2H3/t13-,14+/m0/s1. The molecule has 1 amide bonds. The predicted molar refractivity (Wildman–Crippen MR) is 87.0 cm³/mol. The SMILES string of the molecule is CN(Cc1cnn(C)c1)C(=O)[C@@H]1C[C@H]1c1ccc(Cl)cc1Cl. The summed E-state index contributed by atoms with van der Waals surface area (Å²) in [6, 6.07) is 5.48. The number of amides is 1. The first-order valence-corrected chi connectivity index (χ1v) is 7.88. The lowest BCUT2D eigenvalue weighted by atomic mass is 10.1. The number of carbonyl (C=O) groups is 1. The van der Waals surface area contributed by atoms with E-state index in [2.05, 4.69) is 5.10 Å². The van der Waals surface area contributed by atoms with Crippen molar-refractivity contribution in [1.82, 2.24) is 14.7 Å². The highest BCUT2D eigenvalue weighted by Crippen LogP contribution is 2.50. The average molecular weight is 338 g/mol. The summed E-state index contributed by atoms with van der Waals surface area (Å²) in [5.74, 6) is 0.369. The quantitative estimate of drug-likeness (QED) is 0.856. The van der Waals surface area contributed by atoms with Gasteiger partial charge in [-0.05, 0) is 30.0 Å². The van der Waals surface area contributed by atoms with Crippen LogP contribution in [0.4, 0.5) is 0 Å². The van der Waals surface area contributed by atoms with E-state index < -0.39 is 0 Å². The van der Waals surface area contributed by atoms with Gasteiger partial charge in [0.1, 0.15) is 0 Å². The van der Waals surface area contributed by atoms with Crippen molar-refractivity contribution in [3.8, 4) is 0 Å². The number of hydrogen-bond acceptors (Lipinski definition) is 2. The number of nitrogens with zero attached hydrogens (tertiary/aromatic N) is 3. The van der Waals surface area contributed by atoms with Gasteiger partial charge in [0.2, 0.25) is 5.91 Å². The number of carbonyl (C=O) groups excluding carboxylic acids is 1. The summed E-state index contributed by atoms with van der Waals surface area (Å²) in [6.07, 6.45) is 4.55. The molecule has 1 heterocycles. The number of aryl methyl sites for hydroxylation is 1. The molecule has 0 N–H and O–H groups in total. The highest BCUT2D eigenvalue weighted by atomic mass is 35.5. The van der Waals surface area contributed by atoms with Crippen LogP contribution < -0.4 is 0 Å². The molecule has 0 radical (unpaired) electrons. The molecular weight excluding hydrogens is 321 g/mol. The van der Waals surface area contributed by atoms with Crippen LogP contribution in [0.25, 0.3) is 0 Å². The lowest BCUT2D eigenvalue weighted by Gasteiger charge is -2.16. The van der Waals surface area contributed by atoms with Gasteiger partial charge >= 0.3 is 0 Å². The normalized spacial score (nSPS) is 20.0. The first kappa shape index (κ1) is 15.4. The summed E-state index contributed by atoms with van der Waals surface area (Å²) < 4.78 is 1.74. The van der Waals surface area contributed by atoms with E-state index in [9.17, 15) is 4.79 Å². The van der Waals surface area contributed by atoms with Gasteiger partial charge < -0.3 is 4.90 Å². The molecule has 0 saturated heterocycles. The van der Waals surface area contributed by atoms with Crippen LogP contribution in [0.15, 0.2) is 30.6 Å². The fourth-order valence-electron chi connectivity index (χ4n) is 2.80. The van der Waals surface area contributed by atoms with E-state index in [1.807, 2.05) is 32.4 Å². The molecule has 22 heavy (non-hydrogen) atoms. The highest BCUT2D eigenvalue weighted by molar-refractivity contribution is 6.35. The second kappa shape index (κ2) is 5.94. The Kier molecular flexibility index (Phi) is 4.15. The number of halogens is 2. The zero-order valence-electron chi connectivity index (χ0n) is 12.5. The van der Waals surface area contributed by atoms with Crippen molar-refractivity contribution in [1.29, 1.82) is 0 Å². The van der Waals surface area contributed by atoms with Gasteiger partial charge in [0, 0.05) is 48.4 Å². The summed E-state index contributed by atoms with van der Waals surface area (Å²) in [4.78, 5) is 14.3. The van der Waals surface area contributed by atoms with Crippen LogP contribution in [0.2, 0.25) is 10.0 Å². The molecule has 0 spiro atoms. The maximum Gasteiger partial charge on any atom is 0.226 e. The topological polar surface area (TPSA) is 38.1 Å². The first-order valence-electron chi connectivity index (χ1n) is 7.13. The Morgan fingerprint density at radius 1 is 1.45 bits per heavy atom. The van der Waals surface area contributed by atoms with Crippen LogP contribution in [0.3, 0.4) is 0 Å². The minimum atomic E-state index is 0.0142. The van der Waals surface area contributed by atoms with Crippen molar-refractivity contribution < 1.29 is 4.79 Å². The molecule has 116 valence electrons. The lowest BCUT2D eigenvalue weighted by molar-refractivity contribution is -0.131. The Bertz CT molecular complexity index is 713. The maximum atomic E-state index is 12.5. The summed E-state index contributed by atoms with van der Waals surface area (Å²) in [5, 5.41) is 5.38. The predicted octanol–water partition coefficient (Wildman–Crippen LogP) is 3.49. The number of benzene rings is 1. The van der Waals surface area contributed by atoms with E-state index in [-0.39, 0.29) is 17.7 Å². The third-order valence-corrected chi connectivity index (χ3v) is 4.59. The van der Waals surface area contributed by atoms with Gasteiger partial charge in [-0.2, -0.15) is 5.10 Å². The molecule has 2 atom stereocenters. The molecule has 1 aliphatic carbocycles. The van der Waals surface area contributed by atoms with Crippen molar-refractivity contribution in [3.63, 3.8) is 0 Å². The molecule has 4 nitrogen and oxygen atoms in total. The van der Waals surface area contributed by atoms with Crippen molar-refractivity contribution in [2.45, 2.75) is 18.9 Å². The molecule has 3 rings (SSSR count). The van der Waals surface area contributed by atoms with Gasteiger partial charge in [-0.1, -0.05) is 29.3 Å². The molecule has 1 aromatic carbocycles. The summed E-state index contributed by atoms with van der Waals surface area (Å²) in [7, 11) is 3.69. The van der Waals surface area contributed by atoms with E-state index in [4.69, 9.17) is 23.2 Å². The second-order valence-electron chi connectivity index (χ2n) is 5.83. The van der Waals surface area contributed by atoms with Gasteiger partial charge in [0.25, 0.3) is 0 Å². The third-order valence-electron chi connectivity index (χ3n) is 4.02. The molecule has 1 fully saturated rings. The van der Waals surface area contributed by atoms with Gasteiger partial charge in [0.05, 0.1) is 6.20 Å². The Morgan fingerprint density at radius 3 is 2.86 bits per heavy atom. The van der Waals surface area contributed by atoms with Crippen LogP contribution in [0, 0.1) is 5.92 Å². The van der Waals surface area contributed by atoms with Crippen LogP contribution in [0.1, 0.15) is 23.5 Å². The number of aromatic nitrogens is 2. The molecule has 0 aliphatic heterocycles. The zero-order valence-corrected chi connectivity index (χ0v) is 14.0.